The Morgan fingerprint density at radius 2 is 1.80 bits per heavy atom. The second-order valence-corrected chi connectivity index (χ2v) is 5.45. The first-order chi connectivity index (χ1) is 11.7. The first-order valence-electron chi connectivity index (χ1n) is 7.44. The second kappa shape index (κ2) is 7.87. The van der Waals surface area contributed by atoms with Crippen molar-refractivity contribution in [3.8, 4) is 0 Å². The highest BCUT2D eigenvalue weighted by Gasteiger charge is 2.33. The van der Waals surface area contributed by atoms with Gasteiger partial charge in [-0.1, -0.05) is 12.1 Å². The van der Waals surface area contributed by atoms with Crippen molar-refractivity contribution < 1.29 is 32.3 Å². The summed E-state index contributed by atoms with van der Waals surface area (Å²) in [5.74, 6) is -1.46. The van der Waals surface area contributed by atoms with Crippen molar-refractivity contribution in [3.05, 3.63) is 59.5 Å². The van der Waals surface area contributed by atoms with Gasteiger partial charge in [0.15, 0.2) is 0 Å². The molecule has 0 aliphatic heterocycles. The summed E-state index contributed by atoms with van der Waals surface area (Å²) in [4.78, 5) is 23.7. The molecule has 0 fully saturated rings. The van der Waals surface area contributed by atoms with E-state index in [9.17, 15) is 22.8 Å². The molecular formula is C17H16F3NO4. The zero-order valence-electron chi connectivity index (χ0n) is 13.1. The van der Waals surface area contributed by atoms with Crippen molar-refractivity contribution in [2.45, 2.75) is 25.6 Å². The van der Waals surface area contributed by atoms with E-state index in [1.165, 1.54) is 42.7 Å². The molecule has 2 aromatic rings. The van der Waals surface area contributed by atoms with E-state index in [1.807, 2.05) is 0 Å². The topological polar surface area (TPSA) is 70.8 Å². The van der Waals surface area contributed by atoms with E-state index in [0.29, 0.717) is 10.5 Å². The van der Waals surface area contributed by atoms with E-state index < -0.39 is 24.6 Å². The first kappa shape index (κ1) is 18.6. The van der Waals surface area contributed by atoms with E-state index in [4.69, 9.17) is 9.52 Å². The maximum atomic E-state index is 12.7. The van der Waals surface area contributed by atoms with Crippen LogP contribution in [0.3, 0.4) is 0 Å². The van der Waals surface area contributed by atoms with Crippen LogP contribution in [0.2, 0.25) is 0 Å². The number of alkyl halides is 3. The quantitative estimate of drug-likeness (QED) is 0.825. The maximum absolute atomic E-state index is 12.7. The van der Waals surface area contributed by atoms with Gasteiger partial charge in [0.25, 0.3) is 0 Å². The van der Waals surface area contributed by atoms with Gasteiger partial charge in [0, 0.05) is 6.42 Å². The second-order valence-electron chi connectivity index (χ2n) is 5.45. The Bertz CT molecular complexity index is 708. The summed E-state index contributed by atoms with van der Waals surface area (Å²) in [6.45, 7) is -1.62. The van der Waals surface area contributed by atoms with Crippen LogP contribution >= 0.6 is 0 Å². The van der Waals surface area contributed by atoms with Gasteiger partial charge in [0.05, 0.1) is 18.4 Å². The minimum absolute atomic E-state index is 0.103. The number of nitrogens with zero attached hydrogens (tertiary/aromatic N) is 1. The fraction of sp³-hybridized carbons (Fsp3) is 0.294. The van der Waals surface area contributed by atoms with E-state index in [2.05, 4.69) is 0 Å². The number of aryl methyl sites for hydroxylation is 1. The van der Waals surface area contributed by atoms with Crippen LogP contribution < -0.4 is 0 Å². The van der Waals surface area contributed by atoms with Crippen LogP contribution in [0.1, 0.15) is 28.1 Å². The average Bonchev–Trinajstić information content (AvgIpc) is 3.04. The average molecular weight is 355 g/mol. The molecule has 0 aliphatic rings. The molecule has 0 saturated heterocycles. The number of amides is 1. The first-order valence-corrected chi connectivity index (χ1v) is 7.44. The Labute approximate surface area is 141 Å². The molecule has 134 valence electrons. The van der Waals surface area contributed by atoms with Crippen molar-refractivity contribution in [3.63, 3.8) is 0 Å². The highest BCUT2D eigenvalue weighted by molar-refractivity contribution is 5.87. The minimum atomic E-state index is -4.51. The van der Waals surface area contributed by atoms with E-state index in [1.54, 1.807) is 0 Å². The van der Waals surface area contributed by atoms with Gasteiger partial charge in [-0.25, -0.2) is 4.79 Å². The van der Waals surface area contributed by atoms with Gasteiger partial charge in [-0.05, 0) is 36.2 Å². The van der Waals surface area contributed by atoms with Crippen LogP contribution in [0.4, 0.5) is 13.2 Å². The number of rotatable bonds is 7. The third kappa shape index (κ3) is 5.98. The molecule has 8 heteroatoms. The number of aromatic carboxylic acids is 1. The van der Waals surface area contributed by atoms with Crippen molar-refractivity contribution in [2.75, 3.05) is 6.54 Å². The van der Waals surface area contributed by atoms with Crippen molar-refractivity contribution in [2.24, 2.45) is 0 Å². The van der Waals surface area contributed by atoms with Gasteiger partial charge in [-0.2, -0.15) is 13.2 Å². The van der Waals surface area contributed by atoms with E-state index in [-0.39, 0.29) is 30.7 Å². The number of carbonyl (C=O) groups excluding carboxylic acids is 1. The Hall–Kier alpha value is -2.77. The summed E-state index contributed by atoms with van der Waals surface area (Å²) < 4.78 is 43.1. The number of carbonyl (C=O) groups is 2. The normalized spacial score (nSPS) is 11.3. The molecule has 1 heterocycles. The highest BCUT2D eigenvalue weighted by Crippen LogP contribution is 2.19. The van der Waals surface area contributed by atoms with E-state index >= 15 is 0 Å². The molecule has 1 N–H and O–H groups in total. The van der Waals surface area contributed by atoms with Crippen LogP contribution in [-0.2, 0) is 17.8 Å². The summed E-state index contributed by atoms with van der Waals surface area (Å²) in [5.41, 5.74) is 0.773. The molecule has 0 aliphatic carbocycles. The molecule has 0 spiro atoms. The van der Waals surface area contributed by atoms with Crippen LogP contribution in [0.25, 0.3) is 0 Å². The Morgan fingerprint density at radius 3 is 2.32 bits per heavy atom. The summed E-state index contributed by atoms with van der Waals surface area (Å²) in [7, 11) is 0. The Kier molecular flexibility index (Phi) is 5.84. The Balaban J connectivity index is 1.99. The molecule has 25 heavy (non-hydrogen) atoms. The van der Waals surface area contributed by atoms with Gasteiger partial charge in [0.2, 0.25) is 5.91 Å². The summed E-state index contributed by atoms with van der Waals surface area (Å²) in [6.07, 6.45) is -3.09. The zero-order chi connectivity index (χ0) is 18.4. The SMILES string of the molecule is O=C(O)c1ccc(CCC(=O)N(Cc2ccco2)CC(F)(F)F)cc1. The molecule has 1 aromatic heterocycles. The number of hydrogen-bond donors (Lipinski definition) is 1. The fourth-order valence-electron chi connectivity index (χ4n) is 2.26. The summed E-state index contributed by atoms with van der Waals surface area (Å²) in [6, 6.07) is 8.89. The maximum Gasteiger partial charge on any atom is 0.406 e. The lowest BCUT2D eigenvalue weighted by molar-refractivity contribution is -0.162. The van der Waals surface area contributed by atoms with Gasteiger partial charge < -0.3 is 14.4 Å². The molecule has 0 unspecified atom stereocenters. The van der Waals surface area contributed by atoms with Gasteiger partial charge >= 0.3 is 12.1 Å². The standard InChI is InChI=1S/C17H16F3NO4/c18-17(19,20)11-21(10-14-2-1-9-25-14)15(22)8-5-12-3-6-13(7-4-12)16(23)24/h1-4,6-7,9H,5,8,10-11H2,(H,23,24). The van der Waals surface area contributed by atoms with Crippen LogP contribution in [-0.4, -0.2) is 34.6 Å². The molecule has 2 rings (SSSR count). The number of halogens is 3. The third-order valence-electron chi connectivity index (χ3n) is 3.48. The number of hydrogen-bond acceptors (Lipinski definition) is 3. The minimum Gasteiger partial charge on any atom is -0.478 e. The number of carboxylic acid groups (broad SMARTS) is 1. The molecule has 0 atom stereocenters. The van der Waals surface area contributed by atoms with Crippen LogP contribution in [0.5, 0.6) is 0 Å². The lowest BCUT2D eigenvalue weighted by Crippen LogP contribution is -2.38. The molecule has 1 aromatic carbocycles. The van der Waals surface area contributed by atoms with Crippen molar-refractivity contribution in [1.29, 1.82) is 0 Å². The van der Waals surface area contributed by atoms with E-state index in [0.717, 1.165) is 0 Å². The molecule has 0 radical (unpaired) electrons. The largest absolute Gasteiger partial charge is 0.478 e. The molecule has 0 bridgehead atoms. The number of carboxylic acids is 1. The zero-order valence-corrected chi connectivity index (χ0v) is 13.1. The third-order valence-corrected chi connectivity index (χ3v) is 3.48. The lowest BCUT2D eigenvalue weighted by atomic mass is 10.1. The summed E-state index contributed by atoms with van der Waals surface area (Å²) in [5, 5.41) is 8.82. The molecular weight excluding hydrogens is 339 g/mol. The highest BCUT2D eigenvalue weighted by atomic mass is 19.4. The van der Waals surface area contributed by atoms with Gasteiger partial charge in [0.1, 0.15) is 12.3 Å². The molecule has 0 saturated carbocycles. The van der Waals surface area contributed by atoms with Gasteiger partial charge in [-0.15, -0.1) is 0 Å². The van der Waals surface area contributed by atoms with Crippen LogP contribution in [0.15, 0.2) is 47.1 Å². The lowest BCUT2D eigenvalue weighted by Gasteiger charge is -2.23. The predicted molar refractivity (Wildman–Crippen MR) is 81.9 cm³/mol. The number of benzene rings is 1. The monoisotopic (exact) mass is 355 g/mol. The van der Waals surface area contributed by atoms with Crippen molar-refractivity contribution in [1.82, 2.24) is 4.90 Å². The van der Waals surface area contributed by atoms with Crippen molar-refractivity contribution >= 4 is 11.9 Å². The fourth-order valence-corrected chi connectivity index (χ4v) is 2.26. The summed E-state index contributed by atoms with van der Waals surface area (Å²) >= 11 is 0. The Morgan fingerprint density at radius 1 is 1.12 bits per heavy atom. The predicted octanol–water partition coefficient (Wildman–Crippen LogP) is 3.50. The van der Waals surface area contributed by atoms with Crippen LogP contribution in [0, 0.1) is 0 Å². The number of furan rings is 1. The smallest absolute Gasteiger partial charge is 0.406 e. The van der Waals surface area contributed by atoms with Gasteiger partial charge in [-0.3, -0.25) is 4.79 Å². The molecule has 1 amide bonds. The molecule has 5 nitrogen and oxygen atoms in total.